The Hall–Kier alpha value is -1.68. The van der Waals surface area contributed by atoms with Crippen molar-refractivity contribution in [3.8, 4) is 5.75 Å². The SMILES string of the molecule is CCc1cc(COc2cc(N)ccc2Cl)n(CC)n1. The van der Waals surface area contributed by atoms with Crippen molar-refractivity contribution in [1.82, 2.24) is 9.78 Å². The van der Waals surface area contributed by atoms with Crippen molar-refractivity contribution in [2.45, 2.75) is 33.4 Å². The summed E-state index contributed by atoms with van der Waals surface area (Å²) in [5.41, 5.74) is 8.47. The van der Waals surface area contributed by atoms with Crippen LogP contribution < -0.4 is 10.5 Å². The number of ether oxygens (including phenoxy) is 1. The lowest BCUT2D eigenvalue weighted by molar-refractivity contribution is 0.293. The van der Waals surface area contributed by atoms with Gasteiger partial charge < -0.3 is 10.5 Å². The van der Waals surface area contributed by atoms with Gasteiger partial charge in [0.1, 0.15) is 12.4 Å². The lowest BCUT2D eigenvalue weighted by atomic mass is 10.3. The molecule has 0 aliphatic carbocycles. The van der Waals surface area contributed by atoms with Gasteiger partial charge in [-0.1, -0.05) is 18.5 Å². The molecule has 2 aromatic rings. The summed E-state index contributed by atoms with van der Waals surface area (Å²) in [6.45, 7) is 5.40. The third kappa shape index (κ3) is 3.20. The minimum absolute atomic E-state index is 0.435. The molecule has 0 aliphatic rings. The minimum Gasteiger partial charge on any atom is -0.486 e. The second kappa shape index (κ2) is 5.97. The molecule has 1 aromatic carbocycles. The van der Waals surface area contributed by atoms with Gasteiger partial charge in [0, 0.05) is 18.3 Å². The van der Waals surface area contributed by atoms with Gasteiger partial charge in [0.15, 0.2) is 0 Å². The molecule has 2 rings (SSSR count). The number of hydrogen-bond donors (Lipinski definition) is 1. The van der Waals surface area contributed by atoms with E-state index in [-0.39, 0.29) is 0 Å². The van der Waals surface area contributed by atoms with E-state index in [9.17, 15) is 0 Å². The second-order valence-electron chi connectivity index (χ2n) is 4.27. The third-order valence-electron chi connectivity index (χ3n) is 2.91. The maximum atomic E-state index is 6.07. The van der Waals surface area contributed by atoms with Gasteiger partial charge in [-0.2, -0.15) is 5.10 Å². The Morgan fingerprint density at radius 2 is 2.11 bits per heavy atom. The molecule has 4 nitrogen and oxygen atoms in total. The van der Waals surface area contributed by atoms with Crippen molar-refractivity contribution < 1.29 is 4.74 Å². The van der Waals surface area contributed by atoms with Gasteiger partial charge in [0.05, 0.1) is 16.4 Å². The molecular weight excluding hydrogens is 262 g/mol. The predicted octanol–water partition coefficient (Wildman–Crippen LogP) is 3.28. The number of aromatic nitrogens is 2. The molecule has 0 unspecified atom stereocenters. The van der Waals surface area contributed by atoms with Crippen LogP contribution in [-0.4, -0.2) is 9.78 Å². The number of benzene rings is 1. The molecule has 0 radical (unpaired) electrons. The third-order valence-corrected chi connectivity index (χ3v) is 3.22. The van der Waals surface area contributed by atoms with E-state index in [0.29, 0.717) is 23.1 Å². The smallest absolute Gasteiger partial charge is 0.140 e. The predicted molar refractivity (Wildman–Crippen MR) is 77.5 cm³/mol. The lowest BCUT2D eigenvalue weighted by Gasteiger charge is -2.09. The largest absolute Gasteiger partial charge is 0.486 e. The highest BCUT2D eigenvalue weighted by molar-refractivity contribution is 6.32. The number of hydrogen-bond acceptors (Lipinski definition) is 3. The van der Waals surface area contributed by atoms with Crippen molar-refractivity contribution in [1.29, 1.82) is 0 Å². The second-order valence-corrected chi connectivity index (χ2v) is 4.68. The molecule has 0 saturated carbocycles. The molecule has 19 heavy (non-hydrogen) atoms. The van der Waals surface area contributed by atoms with Crippen LogP contribution in [0.2, 0.25) is 5.02 Å². The van der Waals surface area contributed by atoms with Crippen LogP contribution in [0.25, 0.3) is 0 Å². The van der Waals surface area contributed by atoms with E-state index >= 15 is 0 Å². The van der Waals surface area contributed by atoms with E-state index in [2.05, 4.69) is 25.0 Å². The summed E-state index contributed by atoms with van der Waals surface area (Å²) < 4.78 is 7.67. The molecule has 0 amide bonds. The minimum atomic E-state index is 0.435. The fourth-order valence-electron chi connectivity index (χ4n) is 1.86. The summed E-state index contributed by atoms with van der Waals surface area (Å²) in [6.07, 6.45) is 0.916. The van der Waals surface area contributed by atoms with Gasteiger partial charge in [-0.05, 0) is 31.5 Å². The fraction of sp³-hybridized carbons (Fsp3) is 0.357. The van der Waals surface area contributed by atoms with Crippen LogP contribution in [-0.2, 0) is 19.6 Å². The van der Waals surface area contributed by atoms with Crippen LogP contribution in [0.15, 0.2) is 24.3 Å². The van der Waals surface area contributed by atoms with Crippen LogP contribution in [0.1, 0.15) is 25.2 Å². The summed E-state index contributed by atoms with van der Waals surface area (Å²) in [5.74, 6) is 0.601. The zero-order valence-corrected chi connectivity index (χ0v) is 11.9. The zero-order chi connectivity index (χ0) is 13.8. The monoisotopic (exact) mass is 279 g/mol. The molecular formula is C14H18ClN3O. The summed E-state index contributed by atoms with van der Waals surface area (Å²) in [5, 5.41) is 5.04. The van der Waals surface area contributed by atoms with Crippen molar-refractivity contribution in [2.24, 2.45) is 0 Å². The Kier molecular flexibility index (Phi) is 4.32. The first-order valence-corrected chi connectivity index (χ1v) is 6.75. The molecule has 2 N–H and O–H groups in total. The number of aryl methyl sites for hydroxylation is 2. The van der Waals surface area contributed by atoms with Crippen molar-refractivity contribution in [3.63, 3.8) is 0 Å². The van der Waals surface area contributed by atoms with Gasteiger partial charge in [-0.25, -0.2) is 0 Å². The van der Waals surface area contributed by atoms with E-state index in [1.165, 1.54) is 0 Å². The van der Waals surface area contributed by atoms with E-state index in [1.807, 2.05) is 4.68 Å². The first kappa shape index (κ1) is 13.7. The number of nitrogens with zero attached hydrogens (tertiary/aromatic N) is 2. The Balaban J connectivity index is 2.13. The first-order valence-electron chi connectivity index (χ1n) is 6.37. The molecule has 0 bridgehead atoms. The normalized spacial score (nSPS) is 10.7. The van der Waals surface area contributed by atoms with Crippen LogP contribution in [0.5, 0.6) is 5.75 Å². The zero-order valence-electron chi connectivity index (χ0n) is 11.2. The van der Waals surface area contributed by atoms with Gasteiger partial charge in [0.25, 0.3) is 0 Å². The Morgan fingerprint density at radius 1 is 1.32 bits per heavy atom. The summed E-state index contributed by atoms with van der Waals surface area (Å²) in [7, 11) is 0. The molecule has 0 fully saturated rings. The number of rotatable bonds is 5. The van der Waals surface area contributed by atoms with Gasteiger partial charge >= 0.3 is 0 Å². The highest BCUT2D eigenvalue weighted by Crippen LogP contribution is 2.27. The quantitative estimate of drug-likeness (QED) is 0.855. The molecule has 0 saturated heterocycles. The highest BCUT2D eigenvalue weighted by atomic mass is 35.5. The van der Waals surface area contributed by atoms with Crippen LogP contribution in [0, 0.1) is 0 Å². The van der Waals surface area contributed by atoms with E-state index < -0.39 is 0 Å². The standard InChI is InChI=1S/C14H18ClN3O/c1-3-11-8-12(18(4-2)17-11)9-19-14-7-10(16)5-6-13(14)15/h5-8H,3-4,9,16H2,1-2H3. The molecule has 0 spiro atoms. The van der Waals surface area contributed by atoms with Crippen molar-refractivity contribution >= 4 is 17.3 Å². The van der Waals surface area contributed by atoms with E-state index in [1.54, 1.807) is 18.2 Å². The maximum absolute atomic E-state index is 6.07. The number of halogens is 1. The maximum Gasteiger partial charge on any atom is 0.140 e. The fourth-order valence-corrected chi connectivity index (χ4v) is 2.03. The average molecular weight is 280 g/mol. The number of nitrogens with two attached hydrogens (primary N) is 1. The highest BCUT2D eigenvalue weighted by Gasteiger charge is 2.08. The molecule has 5 heteroatoms. The first-order chi connectivity index (χ1) is 9.13. The Labute approximate surface area is 118 Å². The van der Waals surface area contributed by atoms with Crippen LogP contribution in [0.3, 0.4) is 0 Å². The summed E-state index contributed by atoms with van der Waals surface area (Å²) in [6, 6.07) is 7.28. The van der Waals surface area contributed by atoms with E-state index in [4.69, 9.17) is 22.1 Å². The van der Waals surface area contributed by atoms with Gasteiger partial charge in [0.2, 0.25) is 0 Å². The van der Waals surface area contributed by atoms with Gasteiger partial charge in [-0.3, -0.25) is 4.68 Å². The topological polar surface area (TPSA) is 53.1 Å². The molecule has 0 atom stereocenters. The van der Waals surface area contributed by atoms with Crippen molar-refractivity contribution in [3.05, 3.63) is 40.7 Å². The lowest BCUT2D eigenvalue weighted by Crippen LogP contribution is -2.06. The molecule has 0 aliphatic heterocycles. The molecule has 1 aromatic heterocycles. The number of anilines is 1. The number of nitrogen functional groups attached to an aromatic ring is 1. The summed E-state index contributed by atoms with van der Waals surface area (Å²) in [4.78, 5) is 0. The summed E-state index contributed by atoms with van der Waals surface area (Å²) >= 11 is 6.07. The Bertz CT molecular complexity index is 566. The van der Waals surface area contributed by atoms with Gasteiger partial charge in [-0.15, -0.1) is 0 Å². The van der Waals surface area contributed by atoms with Crippen molar-refractivity contribution in [2.75, 3.05) is 5.73 Å². The molecule has 102 valence electrons. The van der Waals surface area contributed by atoms with E-state index in [0.717, 1.165) is 24.4 Å². The van der Waals surface area contributed by atoms with Crippen LogP contribution in [0.4, 0.5) is 5.69 Å². The Morgan fingerprint density at radius 3 is 2.79 bits per heavy atom. The van der Waals surface area contributed by atoms with Crippen LogP contribution >= 0.6 is 11.6 Å². The average Bonchev–Trinajstić information content (AvgIpc) is 2.82. The molecule has 1 heterocycles.